The molecule has 1 atom stereocenters. The predicted molar refractivity (Wildman–Crippen MR) is 72.4 cm³/mol. The summed E-state index contributed by atoms with van der Waals surface area (Å²) in [4.78, 5) is 20.0. The second-order valence-electron chi connectivity index (χ2n) is 5.24. The van der Waals surface area contributed by atoms with Crippen LogP contribution in [0.2, 0.25) is 0 Å². The van der Waals surface area contributed by atoms with Crippen LogP contribution < -0.4 is 5.32 Å². The topological polar surface area (TPSA) is 54.9 Å². The quantitative estimate of drug-likeness (QED) is 0.843. The Bertz CT molecular complexity index is 373. The maximum atomic E-state index is 11.8. The molecule has 0 saturated carbocycles. The van der Waals surface area contributed by atoms with Gasteiger partial charge in [0.05, 0.1) is 11.9 Å². The van der Waals surface area contributed by atoms with Gasteiger partial charge in [-0.05, 0) is 26.2 Å². The average molecular weight is 249 g/mol. The molecule has 0 spiro atoms. The molecule has 1 amide bonds. The summed E-state index contributed by atoms with van der Waals surface area (Å²) in [6.07, 6.45) is 6.47. The first kappa shape index (κ1) is 14.6. The van der Waals surface area contributed by atoms with E-state index in [-0.39, 0.29) is 11.9 Å². The highest BCUT2D eigenvalue weighted by atomic mass is 16.1. The van der Waals surface area contributed by atoms with Crippen LogP contribution in [0, 0.1) is 12.8 Å². The third-order valence-electron chi connectivity index (χ3n) is 2.81. The molecule has 4 nitrogen and oxygen atoms in total. The Morgan fingerprint density at radius 1 is 1.22 bits per heavy atom. The summed E-state index contributed by atoms with van der Waals surface area (Å²) in [7, 11) is 0. The van der Waals surface area contributed by atoms with Crippen molar-refractivity contribution < 1.29 is 4.79 Å². The Kier molecular flexibility index (Phi) is 5.75. The van der Waals surface area contributed by atoms with Gasteiger partial charge in [0.25, 0.3) is 5.91 Å². The molecule has 0 bridgehead atoms. The minimum atomic E-state index is -0.139. The largest absolute Gasteiger partial charge is 0.348 e. The minimum absolute atomic E-state index is 0.139. The van der Waals surface area contributed by atoms with E-state index >= 15 is 0 Å². The van der Waals surface area contributed by atoms with Gasteiger partial charge in [-0.2, -0.15) is 0 Å². The van der Waals surface area contributed by atoms with Gasteiger partial charge in [0.1, 0.15) is 5.69 Å². The Labute approximate surface area is 109 Å². The number of nitrogens with one attached hydrogen (secondary N) is 1. The Hall–Kier alpha value is -1.45. The van der Waals surface area contributed by atoms with E-state index in [1.54, 1.807) is 6.20 Å². The highest BCUT2D eigenvalue weighted by Gasteiger charge is 2.11. The van der Waals surface area contributed by atoms with Crippen LogP contribution in [0.25, 0.3) is 0 Å². The first-order chi connectivity index (χ1) is 8.49. The van der Waals surface area contributed by atoms with Gasteiger partial charge in [-0.15, -0.1) is 0 Å². The molecule has 1 aromatic rings. The van der Waals surface area contributed by atoms with E-state index in [4.69, 9.17) is 0 Å². The van der Waals surface area contributed by atoms with Crippen LogP contribution in [0.15, 0.2) is 12.4 Å². The number of carbonyl (C=O) groups excluding carboxylic acids is 1. The number of hydrogen-bond donors (Lipinski definition) is 1. The first-order valence-corrected chi connectivity index (χ1v) is 6.58. The molecule has 4 heteroatoms. The predicted octanol–water partition coefficient (Wildman–Crippen LogP) is 2.73. The van der Waals surface area contributed by atoms with Crippen molar-refractivity contribution in [3.05, 3.63) is 23.8 Å². The van der Waals surface area contributed by atoms with E-state index in [9.17, 15) is 4.79 Å². The molecule has 0 aliphatic carbocycles. The van der Waals surface area contributed by atoms with E-state index in [0.29, 0.717) is 5.69 Å². The fourth-order valence-electron chi connectivity index (χ4n) is 1.71. The van der Waals surface area contributed by atoms with Crippen LogP contribution in [0.4, 0.5) is 0 Å². The van der Waals surface area contributed by atoms with Crippen LogP contribution in [0.3, 0.4) is 0 Å². The lowest BCUT2D eigenvalue weighted by Gasteiger charge is -2.14. The van der Waals surface area contributed by atoms with Crippen molar-refractivity contribution in [1.82, 2.24) is 15.3 Å². The van der Waals surface area contributed by atoms with E-state index < -0.39 is 0 Å². The highest BCUT2D eigenvalue weighted by molar-refractivity contribution is 5.92. The molecule has 0 saturated heterocycles. The molecule has 1 heterocycles. The lowest BCUT2D eigenvalue weighted by molar-refractivity contribution is 0.0932. The van der Waals surface area contributed by atoms with Crippen molar-refractivity contribution in [2.24, 2.45) is 5.92 Å². The normalized spacial score (nSPS) is 12.5. The molecule has 0 aliphatic rings. The molecule has 100 valence electrons. The third-order valence-corrected chi connectivity index (χ3v) is 2.81. The van der Waals surface area contributed by atoms with Crippen LogP contribution in [-0.2, 0) is 0 Å². The number of aromatic nitrogens is 2. The van der Waals surface area contributed by atoms with Gasteiger partial charge < -0.3 is 5.32 Å². The van der Waals surface area contributed by atoms with Gasteiger partial charge in [0, 0.05) is 12.2 Å². The van der Waals surface area contributed by atoms with Crippen molar-refractivity contribution in [3.8, 4) is 0 Å². The van der Waals surface area contributed by atoms with Crippen molar-refractivity contribution in [2.45, 2.75) is 53.0 Å². The fraction of sp³-hybridized carbons (Fsp3) is 0.643. The summed E-state index contributed by atoms with van der Waals surface area (Å²) < 4.78 is 0. The second kappa shape index (κ2) is 7.09. The maximum absolute atomic E-state index is 11.8. The molecule has 0 aliphatic heterocycles. The monoisotopic (exact) mass is 249 g/mol. The number of nitrogens with zero attached hydrogens (tertiary/aromatic N) is 2. The van der Waals surface area contributed by atoms with E-state index in [1.807, 2.05) is 13.8 Å². The molecule has 1 aromatic heterocycles. The summed E-state index contributed by atoms with van der Waals surface area (Å²) >= 11 is 0. The average Bonchev–Trinajstić information content (AvgIpc) is 2.29. The standard InChI is InChI=1S/C14H23N3O/c1-10(2)6-5-7-11(3)17-14(18)13-9-15-12(4)8-16-13/h8-11H,5-7H2,1-4H3,(H,17,18). The molecule has 0 radical (unpaired) electrons. The van der Waals surface area contributed by atoms with E-state index in [0.717, 1.165) is 24.5 Å². The van der Waals surface area contributed by atoms with E-state index in [1.165, 1.54) is 12.6 Å². The number of amides is 1. The van der Waals surface area contributed by atoms with Crippen LogP contribution in [-0.4, -0.2) is 21.9 Å². The zero-order chi connectivity index (χ0) is 13.5. The number of hydrogen-bond acceptors (Lipinski definition) is 3. The zero-order valence-corrected chi connectivity index (χ0v) is 11.7. The number of rotatable bonds is 6. The van der Waals surface area contributed by atoms with Crippen LogP contribution in [0.1, 0.15) is 56.2 Å². The van der Waals surface area contributed by atoms with Gasteiger partial charge in [0.15, 0.2) is 0 Å². The van der Waals surface area contributed by atoms with Gasteiger partial charge in [-0.3, -0.25) is 9.78 Å². The molecule has 1 N–H and O–H groups in total. The molecule has 1 rings (SSSR count). The smallest absolute Gasteiger partial charge is 0.271 e. The summed E-state index contributed by atoms with van der Waals surface area (Å²) in [5.41, 5.74) is 1.20. The minimum Gasteiger partial charge on any atom is -0.348 e. The van der Waals surface area contributed by atoms with Crippen LogP contribution >= 0.6 is 0 Å². The lowest BCUT2D eigenvalue weighted by atomic mass is 10.0. The SMILES string of the molecule is Cc1cnc(C(=O)NC(C)CCCC(C)C)cn1. The Morgan fingerprint density at radius 3 is 2.50 bits per heavy atom. The van der Waals surface area contributed by atoms with Crippen LogP contribution in [0.5, 0.6) is 0 Å². The van der Waals surface area contributed by atoms with Crippen molar-refractivity contribution >= 4 is 5.91 Å². The van der Waals surface area contributed by atoms with Gasteiger partial charge in [-0.1, -0.05) is 26.7 Å². The first-order valence-electron chi connectivity index (χ1n) is 6.58. The lowest BCUT2D eigenvalue weighted by Crippen LogP contribution is -2.33. The van der Waals surface area contributed by atoms with Gasteiger partial charge in [0.2, 0.25) is 0 Å². The Morgan fingerprint density at radius 2 is 1.94 bits per heavy atom. The van der Waals surface area contributed by atoms with Crippen molar-refractivity contribution in [1.29, 1.82) is 0 Å². The molecule has 18 heavy (non-hydrogen) atoms. The molecule has 1 unspecified atom stereocenters. The zero-order valence-electron chi connectivity index (χ0n) is 11.7. The maximum Gasteiger partial charge on any atom is 0.271 e. The summed E-state index contributed by atoms with van der Waals surface area (Å²) in [5.74, 6) is 0.579. The summed E-state index contributed by atoms with van der Waals surface area (Å²) in [5, 5.41) is 2.95. The summed E-state index contributed by atoms with van der Waals surface area (Å²) in [6.45, 7) is 8.30. The fourth-order valence-corrected chi connectivity index (χ4v) is 1.71. The van der Waals surface area contributed by atoms with Gasteiger partial charge >= 0.3 is 0 Å². The Balaban J connectivity index is 2.37. The second-order valence-corrected chi connectivity index (χ2v) is 5.24. The van der Waals surface area contributed by atoms with Gasteiger partial charge in [-0.25, -0.2) is 4.98 Å². The third kappa shape index (κ3) is 5.25. The summed E-state index contributed by atoms with van der Waals surface area (Å²) in [6, 6.07) is 0.180. The molecular weight excluding hydrogens is 226 g/mol. The molecule has 0 fully saturated rings. The van der Waals surface area contributed by atoms with E-state index in [2.05, 4.69) is 29.1 Å². The van der Waals surface area contributed by atoms with Crippen molar-refractivity contribution in [2.75, 3.05) is 0 Å². The molecule has 0 aromatic carbocycles. The number of aryl methyl sites for hydroxylation is 1. The highest BCUT2D eigenvalue weighted by Crippen LogP contribution is 2.08. The van der Waals surface area contributed by atoms with Crippen molar-refractivity contribution in [3.63, 3.8) is 0 Å². The molecular formula is C14H23N3O. The number of carbonyl (C=O) groups is 1.